The number of nitrogens with zero attached hydrogens (tertiary/aromatic N) is 4. The second-order valence-electron chi connectivity index (χ2n) is 5.79. The van der Waals surface area contributed by atoms with Crippen molar-refractivity contribution in [2.24, 2.45) is 0 Å². The third kappa shape index (κ3) is 2.85. The van der Waals surface area contributed by atoms with Crippen LogP contribution in [0.5, 0.6) is 0 Å². The predicted octanol–water partition coefficient (Wildman–Crippen LogP) is 2.94. The highest BCUT2D eigenvalue weighted by Gasteiger charge is 2.28. The van der Waals surface area contributed by atoms with E-state index in [1.165, 1.54) is 0 Å². The highest BCUT2D eigenvalue weighted by Crippen LogP contribution is 2.28. The van der Waals surface area contributed by atoms with Crippen molar-refractivity contribution in [2.45, 2.75) is 38.6 Å². The second kappa shape index (κ2) is 5.97. The first kappa shape index (κ1) is 14.3. The molecule has 112 valence electrons. The van der Waals surface area contributed by atoms with E-state index in [0.29, 0.717) is 6.04 Å². The van der Waals surface area contributed by atoms with E-state index >= 15 is 0 Å². The summed E-state index contributed by atoms with van der Waals surface area (Å²) < 4.78 is 2.11. The van der Waals surface area contributed by atoms with Crippen molar-refractivity contribution in [1.29, 1.82) is 0 Å². The molecule has 0 spiro atoms. The Bertz CT molecular complexity index is 605. The van der Waals surface area contributed by atoms with Gasteiger partial charge in [0.25, 0.3) is 5.91 Å². The molecule has 1 aliphatic rings. The van der Waals surface area contributed by atoms with E-state index in [0.717, 1.165) is 37.3 Å². The molecule has 21 heavy (non-hydrogen) atoms. The van der Waals surface area contributed by atoms with E-state index < -0.39 is 0 Å². The highest BCUT2D eigenvalue weighted by atomic mass is 32.1. The van der Waals surface area contributed by atoms with Gasteiger partial charge in [-0.2, -0.15) is 11.3 Å². The third-order valence-corrected chi connectivity index (χ3v) is 4.68. The van der Waals surface area contributed by atoms with Crippen LogP contribution in [-0.4, -0.2) is 38.7 Å². The minimum absolute atomic E-state index is 0.136. The van der Waals surface area contributed by atoms with Gasteiger partial charge < -0.3 is 9.47 Å². The fourth-order valence-electron chi connectivity index (χ4n) is 2.88. The van der Waals surface area contributed by atoms with Crippen molar-refractivity contribution in [1.82, 2.24) is 19.7 Å². The lowest BCUT2D eigenvalue weighted by molar-refractivity contribution is 0.0703. The number of carbonyl (C=O) groups excluding carboxylic acids is 1. The minimum Gasteiger partial charge on any atom is -0.338 e. The zero-order valence-corrected chi connectivity index (χ0v) is 13.2. The van der Waals surface area contributed by atoms with Crippen LogP contribution in [0.1, 0.15) is 54.8 Å². The summed E-state index contributed by atoms with van der Waals surface area (Å²) in [6.07, 6.45) is 3.88. The predicted molar refractivity (Wildman–Crippen MR) is 82.6 cm³/mol. The van der Waals surface area contributed by atoms with Crippen molar-refractivity contribution in [2.75, 3.05) is 13.1 Å². The zero-order valence-electron chi connectivity index (χ0n) is 12.4. The van der Waals surface area contributed by atoms with Crippen LogP contribution < -0.4 is 0 Å². The van der Waals surface area contributed by atoms with E-state index in [1.54, 1.807) is 17.7 Å². The molecule has 1 atom stereocenters. The molecule has 2 aromatic rings. The fourth-order valence-corrected chi connectivity index (χ4v) is 3.51. The van der Waals surface area contributed by atoms with Crippen molar-refractivity contribution in [3.05, 3.63) is 34.5 Å². The lowest BCUT2D eigenvalue weighted by atomic mass is 9.96. The molecular formula is C15H20N4OS. The van der Waals surface area contributed by atoms with Gasteiger partial charge in [-0.25, -0.2) is 0 Å². The maximum absolute atomic E-state index is 12.5. The highest BCUT2D eigenvalue weighted by molar-refractivity contribution is 7.08. The van der Waals surface area contributed by atoms with Crippen LogP contribution in [0.2, 0.25) is 0 Å². The van der Waals surface area contributed by atoms with E-state index in [9.17, 15) is 4.79 Å². The molecule has 0 N–H and O–H groups in total. The minimum atomic E-state index is 0.136. The SMILES string of the molecule is CC(C)n1cnnc1[C@H]1CCCN(C(=O)c2ccsc2)C1. The number of thiophene rings is 1. The van der Waals surface area contributed by atoms with Crippen molar-refractivity contribution in [3.63, 3.8) is 0 Å². The molecule has 0 bridgehead atoms. The number of amides is 1. The Kier molecular flexibility index (Phi) is 4.05. The Morgan fingerprint density at radius 2 is 2.33 bits per heavy atom. The first-order valence-corrected chi connectivity index (χ1v) is 8.32. The van der Waals surface area contributed by atoms with E-state index in [1.807, 2.05) is 21.7 Å². The van der Waals surface area contributed by atoms with Crippen LogP contribution in [0, 0.1) is 0 Å². The molecule has 0 aromatic carbocycles. The first-order chi connectivity index (χ1) is 10.2. The molecule has 3 heterocycles. The quantitative estimate of drug-likeness (QED) is 0.876. The second-order valence-corrected chi connectivity index (χ2v) is 6.57. The van der Waals surface area contributed by atoms with Crippen LogP contribution in [0.3, 0.4) is 0 Å². The number of hydrogen-bond donors (Lipinski definition) is 0. The molecule has 1 amide bonds. The van der Waals surface area contributed by atoms with Gasteiger partial charge in [0.05, 0.1) is 5.56 Å². The van der Waals surface area contributed by atoms with Gasteiger partial charge in [0.15, 0.2) is 0 Å². The van der Waals surface area contributed by atoms with Gasteiger partial charge in [-0.05, 0) is 38.1 Å². The molecule has 0 radical (unpaired) electrons. The van der Waals surface area contributed by atoms with E-state index in [2.05, 4.69) is 28.6 Å². The van der Waals surface area contributed by atoms with Gasteiger partial charge in [0, 0.05) is 30.4 Å². The number of rotatable bonds is 3. The average Bonchev–Trinajstić information content (AvgIpc) is 3.17. The zero-order chi connectivity index (χ0) is 14.8. The summed E-state index contributed by atoms with van der Waals surface area (Å²) in [5.41, 5.74) is 0.797. The fraction of sp³-hybridized carbons (Fsp3) is 0.533. The van der Waals surface area contributed by atoms with Gasteiger partial charge >= 0.3 is 0 Å². The molecule has 2 aromatic heterocycles. The van der Waals surface area contributed by atoms with Crippen LogP contribution in [0.25, 0.3) is 0 Å². The Morgan fingerprint density at radius 1 is 1.48 bits per heavy atom. The van der Waals surface area contributed by atoms with Crippen molar-refractivity contribution in [3.8, 4) is 0 Å². The smallest absolute Gasteiger partial charge is 0.254 e. The molecule has 6 heteroatoms. The van der Waals surface area contributed by atoms with Crippen LogP contribution in [0.4, 0.5) is 0 Å². The molecular weight excluding hydrogens is 284 g/mol. The summed E-state index contributed by atoms with van der Waals surface area (Å²) in [6.45, 7) is 5.83. The summed E-state index contributed by atoms with van der Waals surface area (Å²) in [4.78, 5) is 14.4. The lowest BCUT2D eigenvalue weighted by Gasteiger charge is -2.32. The van der Waals surface area contributed by atoms with Gasteiger partial charge in [-0.1, -0.05) is 0 Å². The normalized spacial score (nSPS) is 19.2. The molecule has 3 rings (SSSR count). The molecule has 1 saturated heterocycles. The molecule has 0 saturated carbocycles. The van der Waals surface area contributed by atoms with Gasteiger partial charge in [-0.3, -0.25) is 4.79 Å². The van der Waals surface area contributed by atoms with Crippen LogP contribution >= 0.6 is 11.3 Å². The summed E-state index contributed by atoms with van der Waals surface area (Å²) in [6, 6.07) is 2.24. The molecule has 0 aliphatic carbocycles. The average molecular weight is 304 g/mol. The van der Waals surface area contributed by atoms with E-state index in [-0.39, 0.29) is 11.8 Å². The number of aromatic nitrogens is 3. The summed E-state index contributed by atoms with van der Waals surface area (Å²) in [5.74, 6) is 1.43. The Hall–Kier alpha value is -1.69. The van der Waals surface area contributed by atoms with Gasteiger partial charge in [-0.15, -0.1) is 10.2 Å². The number of likely N-dealkylation sites (tertiary alicyclic amines) is 1. The van der Waals surface area contributed by atoms with Gasteiger partial charge in [0.2, 0.25) is 0 Å². The monoisotopic (exact) mass is 304 g/mol. The maximum Gasteiger partial charge on any atom is 0.254 e. The van der Waals surface area contributed by atoms with Gasteiger partial charge in [0.1, 0.15) is 12.2 Å². The largest absolute Gasteiger partial charge is 0.338 e. The van der Waals surface area contributed by atoms with Crippen molar-refractivity contribution >= 4 is 17.2 Å². The lowest BCUT2D eigenvalue weighted by Crippen LogP contribution is -2.39. The standard InChI is InChI=1S/C15H20N4OS/c1-11(2)19-10-16-17-14(19)12-4-3-6-18(8-12)15(20)13-5-7-21-9-13/h5,7,9-12H,3-4,6,8H2,1-2H3/t12-/m0/s1. The van der Waals surface area contributed by atoms with Crippen LogP contribution in [0.15, 0.2) is 23.2 Å². The molecule has 5 nitrogen and oxygen atoms in total. The van der Waals surface area contributed by atoms with E-state index in [4.69, 9.17) is 0 Å². The summed E-state index contributed by atoms with van der Waals surface area (Å²) in [7, 11) is 0. The maximum atomic E-state index is 12.5. The van der Waals surface area contributed by atoms with Crippen molar-refractivity contribution < 1.29 is 4.79 Å². The molecule has 0 unspecified atom stereocenters. The third-order valence-electron chi connectivity index (χ3n) is 4.00. The molecule has 1 aliphatic heterocycles. The molecule has 1 fully saturated rings. The Balaban J connectivity index is 1.77. The summed E-state index contributed by atoms with van der Waals surface area (Å²) >= 11 is 1.56. The first-order valence-electron chi connectivity index (χ1n) is 7.37. The Labute approximate surface area is 128 Å². The number of piperidine rings is 1. The summed E-state index contributed by atoms with van der Waals surface area (Å²) in [5, 5.41) is 12.2. The number of carbonyl (C=O) groups is 1. The topological polar surface area (TPSA) is 51.0 Å². The number of hydrogen-bond acceptors (Lipinski definition) is 4. The Morgan fingerprint density at radius 3 is 3.05 bits per heavy atom. The van der Waals surface area contributed by atoms with Crippen LogP contribution in [-0.2, 0) is 0 Å².